The number of carbonyl (C=O) groups is 3. The minimum Gasteiger partial charge on any atom is -0.323 e. The molecule has 1 fully saturated rings. The van der Waals surface area contributed by atoms with Crippen LogP contribution in [0.2, 0.25) is 0 Å². The van der Waals surface area contributed by atoms with E-state index in [2.05, 4.69) is 5.32 Å². The minimum atomic E-state index is -1.27. The summed E-state index contributed by atoms with van der Waals surface area (Å²) >= 11 is 0. The summed E-state index contributed by atoms with van der Waals surface area (Å²) in [5, 5.41) is 2.26. The van der Waals surface area contributed by atoms with Gasteiger partial charge >= 0.3 is 0 Å². The Morgan fingerprint density at radius 1 is 1.18 bits per heavy atom. The summed E-state index contributed by atoms with van der Waals surface area (Å²) in [5.41, 5.74) is -0.0231. The fraction of sp³-hybridized carbons (Fsp3) is 0.250. The number of amides is 1. The maximum absolute atomic E-state index is 13.2. The zero-order chi connectivity index (χ0) is 12.4. The van der Waals surface area contributed by atoms with E-state index in [9.17, 15) is 18.8 Å². The topological polar surface area (TPSA) is 63.2 Å². The van der Waals surface area contributed by atoms with Gasteiger partial charge in [0.15, 0.2) is 17.5 Å². The average molecular weight is 235 g/mol. The molecule has 1 aromatic rings. The summed E-state index contributed by atoms with van der Waals surface area (Å²) in [5.74, 6) is -3.41. The van der Waals surface area contributed by atoms with Crippen LogP contribution in [0.25, 0.3) is 0 Å². The van der Waals surface area contributed by atoms with E-state index in [0.29, 0.717) is 0 Å². The first-order valence-electron chi connectivity index (χ1n) is 5.20. The summed E-state index contributed by atoms with van der Waals surface area (Å²) < 4.78 is 13.2. The van der Waals surface area contributed by atoms with Gasteiger partial charge in [-0.3, -0.25) is 14.4 Å². The van der Waals surface area contributed by atoms with Crippen LogP contribution in [0.4, 0.5) is 10.1 Å². The number of anilines is 1. The van der Waals surface area contributed by atoms with E-state index in [1.807, 2.05) is 0 Å². The van der Waals surface area contributed by atoms with E-state index in [1.54, 1.807) is 6.07 Å². The Hall–Kier alpha value is -2.04. The molecule has 88 valence electrons. The highest BCUT2D eigenvalue weighted by atomic mass is 19.1. The summed E-state index contributed by atoms with van der Waals surface area (Å²) in [6.45, 7) is 0. The number of hydrogen-bond acceptors (Lipinski definition) is 3. The van der Waals surface area contributed by atoms with Crippen LogP contribution in [0.3, 0.4) is 0 Å². The van der Waals surface area contributed by atoms with Crippen LogP contribution >= 0.6 is 0 Å². The molecule has 1 aromatic carbocycles. The number of benzene rings is 1. The lowest BCUT2D eigenvalue weighted by atomic mass is 10.1. The van der Waals surface area contributed by atoms with Gasteiger partial charge in [-0.2, -0.15) is 0 Å². The molecule has 0 saturated heterocycles. The van der Waals surface area contributed by atoms with Crippen LogP contribution in [0, 0.1) is 11.7 Å². The van der Waals surface area contributed by atoms with Crippen molar-refractivity contribution in [2.45, 2.75) is 12.8 Å². The van der Waals surface area contributed by atoms with Gasteiger partial charge in [0, 0.05) is 12.8 Å². The highest BCUT2D eigenvalue weighted by Crippen LogP contribution is 2.20. The van der Waals surface area contributed by atoms with Gasteiger partial charge in [0.25, 0.3) is 0 Å². The molecule has 0 heterocycles. The molecule has 2 rings (SSSR count). The van der Waals surface area contributed by atoms with Gasteiger partial charge in [0.1, 0.15) is 5.82 Å². The predicted molar refractivity (Wildman–Crippen MR) is 57.8 cm³/mol. The first-order chi connectivity index (χ1) is 8.09. The number of halogens is 1. The second kappa shape index (κ2) is 4.45. The summed E-state index contributed by atoms with van der Waals surface area (Å²) in [6, 6.07) is 5.60. The second-order valence-corrected chi connectivity index (χ2v) is 3.83. The van der Waals surface area contributed by atoms with Crippen LogP contribution in [0.15, 0.2) is 24.3 Å². The molecule has 0 bridgehead atoms. The zero-order valence-corrected chi connectivity index (χ0v) is 8.90. The molecule has 0 aromatic heterocycles. The summed E-state index contributed by atoms with van der Waals surface area (Å²) in [7, 11) is 0. The molecule has 1 amide bonds. The monoisotopic (exact) mass is 235 g/mol. The summed E-state index contributed by atoms with van der Waals surface area (Å²) in [6.07, 6.45) is 0.183. The molecular weight excluding hydrogens is 225 g/mol. The van der Waals surface area contributed by atoms with Crippen molar-refractivity contribution in [2.24, 2.45) is 5.92 Å². The lowest BCUT2D eigenvalue weighted by Gasteiger charge is -2.09. The van der Waals surface area contributed by atoms with Gasteiger partial charge in [-0.25, -0.2) is 4.39 Å². The van der Waals surface area contributed by atoms with Crippen molar-refractivity contribution in [3.63, 3.8) is 0 Å². The Morgan fingerprint density at radius 3 is 2.35 bits per heavy atom. The number of para-hydroxylation sites is 1. The van der Waals surface area contributed by atoms with Gasteiger partial charge in [0.05, 0.1) is 5.69 Å². The molecule has 1 aliphatic carbocycles. The molecule has 1 N–H and O–H groups in total. The average Bonchev–Trinajstić information content (AvgIpc) is 2.62. The number of carbonyl (C=O) groups excluding carboxylic acids is 3. The normalized spacial score (nSPS) is 16.3. The fourth-order valence-electron chi connectivity index (χ4n) is 1.77. The molecule has 0 spiro atoms. The lowest BCUT2D eigenvalue weighted by Crippen LogP contribution is -2.30. The molecule has 5 heteroatoms. The molecule has 4 nitrogen and oxygen atoms in total. The van der Waals surface area contributed by atoms with Crippen LogP contribution in [0.5, 0.6) is 0 Å². The zero-order valence-electron chi connectivity index (χ0n) is 8.90. The summed E-state index contributed by atoms with van der Waals surface area (Å²) in [4.78, 5) is 34.3. The quantitative estimate of drug-likeness (QED) is 0.786. The largest absolute Gasteiger partial charge is 0.323 e. The number of ketones is 2. The Labute approximate surface area is 96.8 Å². The van der Waals surface area contributed by atoms with Gasteiger partial charge in [-0.05, 0) is 12.1 Å². The third-order valence-electron chi connectivity index (χ3n) is 2.66. The molecule has 0 radical (unpaired) electrons. The number of hydrogen-bond donors (Lipinski definition) is 1. The Bertz CT molecular complexity index is 482. The van der Waals surface area contributed by atoms with E-state index in [-0.39, 0.29) is 18.5 Å². The maximum atomic E-state index is 13.2. The number of nitrogens with one attached hydrogen (secondary N) is 1. The van der Waals surface area contributed by atoms with Gasteiger partial charge in [-0.1, -0.05) is 12.1 Å². The molecule has 0 aliphatic heterocycles. The van der Waals surface area contributed by atoms with Gasteiger partial charge in [0.2, 0.25) is 5.91 Å². The van der Waals surface area contributed by atoms with Crippen molar-refractivity contribution in [3.8, 4) is 0 Å². The Morgan fingerprint density at radius 2 is 1.76 bits per heavy atom. The van der Waals surface area contributed by atoms with Gasteiger partial charge in [-0.15, -0.1) is 0 Å². The molecule has 1 saturated carbocycles. The third-order valence-corrected chi connectivity index (χ3v) is 2.66. The van der Waals surface area contributed by atoms with Crippen molar-refractivity contribution in [1.82, 2.24) is 0 Å². The minimum absolute atomic E-state index is 0.0231. The van der Waals surface area contributed by atoms with E-state index in [4.69, 9.17) is 0 Å². The predicted octanol–water partition coefficient (Wildman–Crippen LogP) is 1.31. The van der Waals surface area contributed by atoms with Crippen LogP contribution < -0.4 is 5.32 Å². The fourth-order valence-corrected chi connectivity index (χ4v) is 1.77. The molecule has 1 aliphatic rings. The van der Waals surface area contributed by atoms with Crippen LogP contribution in [0.1, 0.15) is 12.8 Å². The van der Waals surface area contributed by atoms with E-state index < -0.39 is 29.2 Å². The van der Waals surface area contributed by atoms with Crippen molar-refractivity contribution in [1.29, 1.82) is 0 Å². The van der Waals surface area contributed by atoms with E-state index >= 15 is 0 Å². The standard InChI is InChI=1S/C12H10FNO3/c13-7-3-1-2-4-8(7)14-12(17)11-9(15)5-6-10(11)16/h1-4,11H,5-6H2,(H,14,17). The lowest BCUT2D eigenvalue weighted by molar-refractivity contribution is -0.134. The maximum Gasteiger partial charge on any atom is 0.242 e. The Balaban J connectivity index is 2.15. The molecule has 17 heavy (non-hydrogen) atoms. The SMILES string of the molecule is O=C1CCC(=O)C1C(=O)Nc1ccccc1F. The van der Waals surface area contributed by atoms with Crippen molar-refractivity contribution < 1.29 is 18.8 Å². The van der Waals surface area contributed by atoms with E-state index in [1.165, 1.54) is 18.2 Å². The van der Waals surface area contributed by atoms with E-state index in [0.717, 1.165) is 0 Å². The first-order valence-corrected chi connectivity index (χ1v) is 5.20. The van der Waals surface area contributed by atoms with Crippen molar-refractivity contribution in [3.05, 3.63) is 30.1 Å². The highest BCUT2D eigenvalue weighted by Gasteiger charge is 2.38. The third kappa shape index (κ3) is 2.22. The second-order valence-electron chi connectivity index (χ2n) is 3.83. The molecule has 0 atom stereocenters. The molecular formula is C12H10FNO3. The van der Waals surface area contributed by atoms with Crippen molar-refractivity contribution in [2.75, 3.05) is 5.32 Å². The Kier molecular flexibility index (Phi) is 2.99. The highest BCUT2D eigenvalue weighted by molar-refractivity contribution is 6.25. The van der Waals surface area contributed by atoms with Crippen LogP contribution in [-0.2, 0) is 14.4 Å². The number of Topliss-reactive ketones (excluding diaryl/α,β-unsaturated/α-hetero) is 2. The smallest absolute Gasteiger partial charge is 0.242 e. The molecule has 0 unspecified atom stereocenters. The first kappa shape index (κ1) is 11.4. The number of rotatable bonds is 2. The van der Waals surface area contributed by atoms with Crippen molar-refractivity contribution >= 4 is 23.2 Å². The van der Waals surface area contributed by atoms with Gasteiger partial charge < -0.3 is 5.32 Å². The van der Waals surface area contributed by atoms with Crippen LogP contribution in [-0.4, -0.2) is 17.5 Å².